The summed E-state index contributed by atoms with van der Waals surface area (Å²) in [6.07, 6.45) is 1.75. The molecular formula is C16H14N2O. The standard InChI is InChI=1S/C16H14N2O/c1-11-5-6-15-14(9-11)16(7-8-18-15)19-13-4-2-3-12(17)10-13/h2-10H,17H2,1H3. The molecule has 3 rings (SSSR count). The molecule has 0 aliphatic heterocycles. The monoisotopic (exact) mass is 250 g/mol. The summed E-state index contributed by atoms with van der Waals surface area (Å²) in [4.78, 5) is 4.34. The van der Waals surface area contributed by atoms with Crippen molar-refractivity contribution in [2.75, 3.05) is 5.73 Å². The fraction of sp³-hybridized carbons (Fsp3) is 0.0625. The number of hydrogen-bond acceptors (Lipinski definition) is 3. The molecule has 0 radical (unpaired) electrons. The number of rotatable bonds is 2. The zero-order valence-electron chi connectivity index (χ0n) is 10.6. The minimum absolute atomic E-state index is 0.687. The van der Waals surface area contributed by atoms with E-state index >= 15 is 0 Å². The minimum Gasteiger partial charge on any atom is -0.457 e. The van der Waals surface area contributed by atoms with Crippen molar-refractivity contribution in [1.82, 2.24) is 4.98 Å². The van der Waals surface area contributed by atoms with Crippen LogP contribution in [0.4, 0.5) is 5.69 Å². The van der Waals surface area contributed by atoms with E-state index in [-0.39, 0.29) is 0 Å². The van der Waals surface area contributed by atoms with Gasteiger partial charge >= 0.3 is 0 Å². The van der Waals surface area contributed by atoms with Crippen molar-refractivity contribution in [2.45, 2.75) is 6.92 Å². The second kappa shape index (κ2) is 4.61. The molecule has 0 unspecified atom stereocenters. The van der Waals surface area contributed by atoms with Gasteiger partial charge in [0.1, 0.15) is 11.5 Å². The number of aryl methyl sites for hydroxylation is 1. The molecule has 1 aromatic heterocycles. The second-order valence-electron chi connectivity index (χ2n) is 4.50. The highest BCUT2D eigenvalue weighted by Gasteiger charge is 2.05. The van der Waals surface area contributed by atoms with Gasteiger partial charge in [-0.3, -0.25) is 4.98 Å². The Morgan fingerprint density at radius 3 is 2.79 bits per heavy atom. The topological polar surface area (TPSA) is 48.1 Å². The van der Waals surface area contributed by atoms with Crippen LogP contribution in [-0.2, 0) is 0 Å². The molecule has 2 aromatic carbocycles. The number of benzene rings is 2. The van der Waals surface area contributed by atoms with Crippen molar-refractivity contribution < 1.29 is 4.74 Å². The highest BCUT2D eigenvalue weighted by atomic mass is 16.5. The lowest BCUT2D eigenvalue weighted by Crippen LogP contribution is -1.90. The van der Waals surface area contributed by atoms with E-state index in [9.17, 15) is 0 Å². The first-order valence-corrected chi connectivity index (χ1v) is 6.11. The molecule has 3 aromatic rings. The molecule has 0 bridgehead atoms. The SMILES string of the molecule is Cc1ccc2nccc(Oc3cccc(N)c3)c2c1. The summed E-state index contributed by atoms with van der Waals surface area (Å²) in [6.45, 7) is 2.05. The Hall–Kier alpha value is -2.55. The summed E-state index contributed by atoms with van der Waals surface area (Å²) in [5.74, 6) is 1.52. The molecule has 0 spiro atoms. The molecule has 2 N–H and O–H groups in total. The van der Waals surface area contributed by atoms with Gasteiger partial charge in [-0.25, -0.2) is 0 Å². The lowest BCUT2D eigenvalue weighted by Gasteiger charge is -2.09. The maximum Gasteiger partial charge on any atom is 0.138 e. The Labute approximate surface area is 111 Å². The lowest BCUT2D eigenvalue weighted by atomic mass is 10.1. The molecule has 0 aliphatic carbocycles. The van der Waals surface area contributed by atoms with Crippen molar-refractivity contribution >= 4 is 16.6 Å². The zero-order chi connectivity index (χ0) is 13.2. The lowest BCUT2D eigenvalue weighted by molar-refractivity contribution is 0.488. The molecule has 3 nitrogen and oxygen atoms in total. The highest BCUT2D eigenvalue weighted by Crippen LogP contribution is 2.29. The normalized spacial score (nSPS) is 10.6. The molecular weight excluding hydrogens is 236 g/mol. The summed E-state index contributed by atoms with van der Waals surface area (Å²) in [7, 11) is 0. The number of hydrogen-bond donors (Lipinski definition) is 1. The van der Waals surface area contributed by atoms with Crippen LogP contribution in [0.15, 0.2) is 54.7 Å². The van der Waals surface area contributed by atoms with E-state index in [1.165, 1.54) is 5.56 Å². The van der Waals surface area contributed by atoms with Crippen molar-refractivity contribution in [1.29, 1.82) is 0 Å². The summed E-state index contributed by atoms with van der Waals surface area (Å²) < 4.78 is 5.91. The van der Waals surface area contributed by atoms with Crippen molar-refractivity contribution in [3.05, 3.63) is 60.3 Å². The van der Waals surface area contributed by atoms with E-state index in [2.05, 4.69) is 18.0 Å². The Morgan fingerprint density at radius 2 is 1.95 bits per heavy atom. The molecule has 0 saturated heterocycles. The Balaban J connectivity index is 2.07. The molecule has 0 fully saturated rings. The Morgan fingerprint density at radius 1 is 1.05 bits per heavy atom. The van der Waals surface area contributed by atoms with Crippen LogP contribution in [0.3, 0.4) is 0 Å². The smallest absolute Gasteiger partial charge is 0.138 e. The number of fused-ring (bicyclic) bond motifs is 1. The van der Waals surface area contributed by atoms with Crippen LogP contribution in [-0.4, -0.2) is 4.98 Å². The highest BCUT2D eigenvalue weighted by molar-refractivity contribution is 5.85. The first-order chi connectivity index (χ1) is 9.22. The maximum absolute atomic E-state index is 5.91. The third-order valence-corrected chi connectivity index (χ3v) is 2.94. The van der Waals surface area contributed by atoms with Gasteiger partial charge in [0.15, 0.2) is 0 Å². The van der Waals surface area contributed by atoms with Gasteiger partial charge < -0.3 is 10.5 Å². The van der Waals surface area contributed by atoms with Crippen molar-refractivity contribution in [3.8, 4) is 11.5 Å². The molecule has 1 heterocycles. The first kappa shape index (κ1) is 11.5. The van der Waals surface area contributed by atoms with Gasteiger partial charge in [0.05, 0.1) is 5.52 Å². The van der Waals surface area contributed by atoms with Gasteiger partial charge in [-0.1, -0.05) is 17.7 Å². The Bertz CT molecular complexity index is 738. The molecule has 0 aliphatic rings. The number of nitrogens with zero attached hydrogens (tertiary/aromatic N) is 1. The van der Waals surface area contributed by atoms with Crippen LogP contribution in [0.5, 0.6) is 11.5 Å². The average Bonchev–Trinajstić information content (AvgIpc) is 2.39. The third-order valence-electron chi connectivity index (χ3n) is 2.94. The van der Waals surface area contributed by atoms with Crippen LogP contribution in [0.25, 0.3) is 10.9 Å². The number of anilines is 1. The predicted octanol–water partition coefficient (Wildman–Crippen LogP) is 3.92. The van der Waals surface area contributed by atoms with Gasteiger partial charge in [0.25, 0.3) is 0 Å². The second-order valence-corrected chi connectivity index (χ2v) is 4.50. The van der Waals surface area contributed by atoms with E-state index in [1.54, 1.807) is 6.20 Å². The number of nitrogen functional groups attached to an aromatic ring is 1. The van der Waals surface area contributed by atoms with Crippen LogP contribution >= 0.6 is 0 Å². The van der Waals surface area contributed by atoms with Crippen molar-refractivity contribution in [2.24, 2.45) is 0 Å². The maximum atomic E-state index is 5.91. The molecule has 3 heteroatoms. The average molecular weight is 250 g/mol. The quantitative estimate of drug-likeness (QED) is 0.701. The van der Waals surface area contributed by atoms with E-state index in [0.717, 1.165) is 22.4 Å². The summed E-state index contributed by atoms with van der Waals surface area (Å²) in [6, 6.07) is 15.4. The molecule has 0 atom stereocenters. The van der Waals surface area contributed by atoms with E-state index in [4.69, 9.17) is 10.5 Å². The molecule has 94 valence electrons. The van der Waals surface area contributed by atoms with Gasteiger partial charge in [0.2, 0.25) is 0 Å². The zero-order valence-corrected chi connectivity index (χ0v) is 10.6. The summed E-state index contributed by atoms with van der Waals surface area (Å²) in [5, 5.41) is 1.00. The molecule has 19 heavy (non-hydrogen) atoms. The molecule has 0 amide bonds. The van der Waals surface area contributed by atoms with Gasteiger partial charge in [-0.2, -0.15) is 0 Å². The van der Waals surface area contributed by atoms with Crippen LogP contribution in [0.2, 0.25) is 0 Å². The Kier molecular flexibility index (Phi) is 2.80. The summed E-state index contributed by atoms with van der Waals surface area (Å²) in [5.41, 5.74) is 8.55. The fourth-order valence-corrected chi connectivity index (χ4v) is 2.03. The number of ether oxygens (including phenoxy) is 1. The van der Waals surface area contributed by atoms with Crippen LogP contribution in [0.1, 0.15) is 5.56 Å². The van der Waals surface area contributed by atoms with E-state index < -0.39 is 0 Å². The third kappa shape index (κ3) is 2.36. The minimum atomic E-state index is 0.687. The van der Waals surface area contributed by atoms with Crippen LogP contribution in [0, 0.1) is 6.92 Å². The van der Waals surface area contributed by atoms with E-state index in [1.807, 2.05) is 42.5 Å². The number of aromatic nitrogens is 1. The van der Waals surface area contributed by atoms with Gasteiger partial charge in [0, 0.05) is 23.3 Å². The number of nitrogens with two attached hydrogens (primary N) is 1. The van der Waals surface area contributed by atoms with Crippen molar-refractivity contribution in [3.63, 3.8) is 0 Å². The molecule has 0 saturated carbocycles. The predicted molar refractivity (Wildman–Crippen MR) is 77.4 cm³/mol. The summed E-state index contributed by atoms with van der Waals surface area (Å²) >= 11 is 0. The fourth-order valence-electron chi connectivity index (χ4n) is 2.03. The van der Waals surface area contributed by atoms with Gasteiger partial charge in [-0.05, 0) is 37.3 Å². The van der Waals surface area contributed by atoms with Gasteiger partial charge in [-0.15, -0.1) is 0 Å². The number of pyridine rings is 1. The van der Waals surface area contributed by atoms with E-state index in [0.29, 0.717) is 5.69 Å². The first-order valence-electron chi connectivity index (χ1n) is 6.11. The van der Waals surface area contributed by atoms with Crippen LogP contribution < -0.4 is 10.5 Å². The largest absolute Gasteiger partial charge is 0.457 e.